The van der Waals surface area contributed by atoms with E-state index in [0.29, 0.717) is 6.54 Å². The Morgan fingerprint density at radius 1 is 1.50 bits per heavy atom. The Hall–Kier alpha value is -1.64. The van der Waals surface area contributed by atoms with E-state index in [-0.39, 0.29) is 5.82 Å². The maximum absolute atomic E-state index is 12.8. The molecule has 0 spiro atoms. The first kappa shape index (κ1) is 8.94. The molecule has 0 saturated heterocycles. The SMILES string of the molecule is Cc1cc(F)ccc1Cn1c[c]cn1. The molecule has 3 heteroatoms. The lowest BCUT2D eigenvalue weighted by molar-refractivity contribution is 0.622. The number of nitrogens with zero attached hydrogens (tertiary/aromatic N) is 2. The van der Waals surface area contributed by atoms with Crippen LogP contribution in [0.15, 0.2) is 30.6 Å². The molecule has 1 radical (unpaired) electrons. The molecule has 2 rings (SSSR count). The molecule has 1 aromatic carbocycles. The number of halogens is 1. The lowest BCUT2D eigenvalue weighted by atomic mass is 10.1. The van der Waals surface area contributed by atoms with Gasteiger partial charge in [0.05, 0.1) is 12.7 Å². The van der Waals surface area contributed by atoms with Crippen LogP contribution in [0.25, 0.3) is 0 Å². The summed E-state index contributed by atoms with van der Waals surface area (Å²) in [4.78, 5) is 0. The number of aromatic nitrogens is 2. The highest BCUT2D eigenvalue weighted by atomic mass is 19.1. The molecule has 0 atom stereocenters. The van der Waals surface area contributed by atoms with Crippen molar-refractivity contribution in [1.29, 1.82) is 0 Å². The van der Waals surface area contributed by atoms with E-state index in [0.717, 1.165) is 11.1 Å². The van der Waals surface area contributed by atoms with E-state index < -0.39 is 0 Å². The summed E-state index contributed by atoms with van der Waals surface area (Å²) in [5.74, 6) is -0.196. The van der Waals surface area contributed by atoms with E-state index in [4.69, 9.17) is 0 Å². The first-order chi connectivity index (χ1) is 6.75. The molecule has 0 aliphatic rings. The van der Waals surface area contributed by atoms with Gasteiger partial charge in [0.2, 0.25) is 0 Å². The quantitative estimate of drug-likeness (QED) is 0.708. The van der Waals surface area contributed by atoms with Gasteiger partial charge in [-0.15, -0.1) is 0 Å². The van der Waals surface area contributed by atoms with Crippen LogP contribution in [0.2, 0.25) is 0 Å². The van der Waals surface area contributed by atoms with Gasteiger partial charge in [0, 0.05) is 12.3 Å². The zero-order valence-electron chi connectivity index (χ0n) is 7.87. The standard InChI is InChI=1S/C11H10FN2/c1-9-7-11(12)4-3-10(9)8-14-6-2-5-13-14/h3-7H,8H2,1H3. The van der Waals surface area contributed by atoms with Crippen LogP contribution in [0.3, 0.4) is 0 Å². The van der Waals surface area contributed by atoms with Crippen molar-refractivity contribution >= 4 is 0 Å². The fourth-order valence-electron chi connectivity index (χ4n) is 1.36. The second-order valence-corrected chi connectivity index (χ2v) is 3.21. The Morgan fingerprint density at radius 2 is 2.36 bits per heavy atom. The van der Waals surface area contributed by atoms with Crippen LogP contribution in [0.4, 0.5) is 4.39 Å². The van der Waals surface area contributed by atoms with E-state index >= 15 is 0 Å². The van der Waals surface area contributed by atoms with Crippen LogP contribution in [0.1, 0.15) is 11.1 Å². The van der Waals surface area contributed by atoms with Crippen molar-refractivity contribution in [3.8, 4) is 0 Å². The van der Waals surface area contributed by atoms with Gasteiger partial charge >= 0.3 is 0 Å². The van der Waals surface area contributed by atoms with E-state index in [1.807, 2.05) is 6.92 Å². The van der Waals surface area contributed by atoms with Crippen molar-refractivity contribution in [2.45, 2.75) is 13.5 Å². The zero-order valence-corrected chi connectivity index (χ0v) is 7.87. The Balaban J connectivity index is 2.25. The molecule has 0 N–H and O–H groups in total. The molecule has 0 aliphatic carbocycles. The third kappa shape index (κ3) is 1.82. The van der Waals surface area contributed by atoms with Gasteiger partial charge in [-0.2, -0.15) is 5.10 Å². The lowest BCUT2D eigenvalue weighted by Gasteiger charge is -2.05. The Kier molecular flexibility index (Phi) is 2.31. The number of aryl methyl sites for hydroxylation is 1. The van der Waals surface area contributed by atoms with E-state index in [1.54, 1.807) is 23.1 Å². The van der Waals surface area contributed by atoms with Crippen LogP contribution in [-0.2, 0) is 6.54 Å². The minimum absolute atomic E-state index is 0.196. The van der Waals surface area contributed by atoms with Crippen LogP contribution >= 0.6 is 0 Å². The summed E-state index contributed by atoms with van der Waals surface area (Å²) in [5, 5.41) is 4.04. The molecule has 2 nitrogen and oxygen atoms in total. The Labute approximate surface area is 82.0 Å². The summed E-state index contributed by atoms with van der Waals surface area (Å²) in [5.41, 5.74) is 2.02. The van der Waals surface area contributed by atoms with E-state index in [1.165, 1.54) is 12.1 Å². The first-order valence-electron chi connectivity index (χ1n) is 4.39. The second kappa shape index (κ2) is 3.62. The van der Waals surface area contributed by atoms with Crippen molar-refractivity contribution < 1.29 is 4.39 Å². The zero-order chi connectivity index (χ0) is 9.97. The highest BCUT2D eigenvalue weighted by molar-refractivity contribution is 5.26. The molecule has 0 unspecified atom stereocenters. The number of rotatable bonds is 2. The van der Waals surface area contributed by atoms with Gasteiger partial charge < -0.3 is 0 Å². The summed E-state index contributed by atoms with van der Waals surface area (Å²) in [6.45, 7) is 2.56. The van der Waals surface area contributed by atoms with Crippen molar-refractivity contribution in [3.63, 3.8) is 0 Å². The van der Waals surface area contributed by atoms with Crippen molar-refractivity contribution in [2.75, 3.05) is 0 Å². The molecule has 1 aromatic heterocycles. The maximum Gasteiger partial charge on any atom is 0.123 e. The largest absolute Gasteiger partial charge is 0.268 e. The molecular weight excluding hydrogens is 179 g/mol. The van der Waals surface area contributed by atoms with Crippen LogP contribution in [0.5, 0.6) is 0 Å². The van der Waals surface area contributed by atoms with Crippen molar-refractivity contribution in [3.05, 3.63) is 53.6 Å². The van der Waals surface area contributed by atoms with Gasteiger partial charge in [0.15, 0.2) is 0 Å². The molecule has 1 heterocycles. The molecular formula is C11H10FN2. The maximum atomic E-state index is 12.8. The minimum Gasteiger partial charge on any atom is -0.268 e. The van der Waals surface area contributed by atoms with Gasteiger partial charge in [-0.05, 0) is 30.2 Å². The van der Waals surface area contributed by atoms with Gasteiger partial charge in [-0.3, -0.25) is 4.68 Å². The average Bonchev–Trinajstić information content (AvgIpc) is 2.62. The fourth-order valence-corrected chi connectivity index (χ4v) is 1.36. The van der Waals surface area contributed by atoms with Gasteiger partial charge in [0.1, 0.15) is 5.82 Å². The highest BCUT2D eigenvalue weighted by Crippen LogP contribution is 2.10. The third-order valence-corrected chi connectivity index (χ3v) is 2.14. The van der Waals surface area contributed by atoms with Gasteiger partial charge in [-0.25, -0.2) is 4.39 Å². The van der Waals surface area contributed by atoms with Gasteiger partial charge in [0.25, 0.3) is 0 Å². The minimum atomic E-state index is -0.196. The highest BCUT2D eigenvalue weighted by Gasteiger charge is 2.00. The molecule has 0 amide bonds. The second-order valence-electron chi connectivity index (χ2n) is 3.21. The van der Waals surface area contributed by atoms with Crippen LogP contribution in [-0.4, -0.2) is 9.78 Å². The van der Waals surface area contributed by atoms with Crippen molar-refractivity contribution in [1.82, 2.24) is 9.78 Å². The van der Waals surface area contributed by atoms with Crippen LogP contribution in [0, 0.1) is 18.8 Å². The smallest absolute Gasteiger partial charge is 0.123 e. The predicted molar refractivity (Wildman–Crippen MR) is 51.3 cm³/mol. The molecule has 0 fully saturated rings. The number of benzene rings is 1. The average molecular weight is 189 g/mol. The number of hydrogen-bond acceptors (Lipinski definition) is 1. The monoisotopic (exact) mass is 189 g/mol. The molecule has 0 saturated carbocycles. The first-order valence-corrected chi connectivity index (χ1v) is 4.39. The predicted octanol–water partition coefficient (Wildman–Crippen LogP) is 2.18. The van der Waals surface area contributed by atoms with Crippen LogP contribution < -0.4 is 0 Å². The summed E-state index contributed by atoms with van der Waals surface area (Å²) in [6, 6.07) is 7.64. The molecule has 2 aromatic rings. The Bertz CT molecular complexity index is 421. The van der Waals surface area contributed by atoms with Crippen molar-refractivity contribution in [2.24, 2.45) is 0 Å². The number of hydrogen-bond donors (Lipinski definition) is 0. The molecule has 0 aliphatic heterocycles. The molecule has 0 bridgehead atoms. The normalized spacial score (nSPS) is 10.4. The van der Waals surface area contributed by atoms with Gasteiger partial charge in [-0.1, -0.05) is 6.07 Å². The lowest BCUT2D eigenvalue weighted by Crippen LogP contribution is -2.01. The fraction of sp³-hybridized carbons (Fsp3) is 0.182. The summed E-state index contributed by atoms with van der Waals surface area (Å²) in [7, 11) is 0. The van der Waals surface area contributed by atoms with E-state index in [2.05, 4.69) is 11.2 Å². The summed E-state index contributed by atoms with van der Waals surface area (Å²) in [6.07, 6.45) is 3.38. The molecule has 14 heavy (non-hydrogen) atoms. The molecule has 71 valence electrons. The summed E-state index contributed by atoms with van der Waals surface area (Å²) >= 11 is 0. The summed E-state index contributed by atoms with van der Waals surface area (Å²) < 4.78 is 14.6. The third-order valence-electron chi connectivity index (χ3n) is 2.14. The van der Waals surface area contributed by atoms with E-state index in [9.17, 15) is 4.39 Å². The Morgan fingerprint density at radius 3 is 3.00 bits per heavy atom. The topological polar surface area (TPSA) is 17.8 Å².